The van der Waals surface area contributed by atoms with E-state index in [2.05, 4.69) is 13.2 Å². The Hall–Kier alpha value is -3.49. The second kappa shape index (κ2) is 10.4. The summed E-state index contributed by atoms with van der Waals surface area (Å²) in [6.45, 7) is 15.0. The van der Waals surface area contributed by atoms with Crippen molar-refractivity contribution in [3.05, 3.63) is 59.8 Å². The molecule has 2 aromatic carbocycles. The number of ether oxygens (including phenoxy) is 6. The van der Waals surface area contributed by atoms with E-state index in [1.807, 2.05) is 27.7 Å². The Kier molecular flexibility index (Phi) is 7.77. The molecule has 0 unspecified atom stereocenters. The lowest BCUT2D eigenvalue weighted by atomic mass is 10.1. The predicted molar refractivity (Wildman–Crippen MR) is 135 cm³/mol. The van der Waals surface area contributed by atoms with E-state index in [4.69, 9.17) is 32.8 Å². The average molecular weight is 485 g/mol. The fourth-order valence-electron chi connectivity index (χ4n) is 3.19. The first-order valence-corrected chi connectivity index (χ1v) is 11.0. The van der Waals surface area contributed by atoms with Gasteiger partial charge >= 0.3 is 0 Å². The molecule has 0 aliphatic rings. The first kappa shape index (κ1) is 26.1. The van der Waals surface area contributed by atoms with Crippen LogP contribution in [0.4, 0.5) is 0 Å². The first-order valence-electron chi connectivity index (χ1n) is 11.0. The van der Waals surface area contributed by atoms with Crippen LogP contribution in [-0.2, 0) is 9.47 Å². The van der Waals surface area contributed by atoms with Crippen molar-refractivity contribution in [1.82, 2.24) is 0 Å². The first-order chi connectivity index (χ1) is 16.6. The Balaban J connectivity index is 2.37. The van der Waals surface area contributed by atoms with Crippen molar-refractivity contribution < 1.29 is 32.8 Å². The zero-order valence-electron chi connectivity index (χ0n) is 21.1. The number of hydrogen-bond donors (Lipinski definition) is 0. The van der Waals surface area contributed by atoms with E-state index in [1.54, 1.807) is 36.4 Å². The molecule has 0 saturated carbocycles. The summed E-state index contributed by atoms with van der Waals surface area (Å²) in [6, 6.07) is 6.50. The lowest BCUT2D eigenvalue weighted by molar-refractivity contribution is 0.0467. The highest BCUT2D eigenvalue weighted by molar-refractivity contribution is 5.97. The van der Waals surface area contributed by atoms with Crippen molar-refractivity contribution in [2.24, 2.45) is 0 Å². The minimum absolute atomic E-state index is 0.00352. The lowest BCUT2D eigenvalue weighted by Gasteiger charge is -2.28. The van der Waals surface area contributed by atoms with E-state index in [1.165, 1.54) is 14.2 Å². The van der Waals surface area contributed by atoms with Gasteiger partial charge in [-0.15, -0.1) is 0 Å². The molecule has 0 aliphatic heterocycles. The SMILES string of the molecule is C=CC(C)(C)Oc1ccc2c(=O)c3c(OCOC)cc(OCOC)cc3oc2c1OC(C)(C)C=C. The Morgan fingerprint density at radius 1 is 0.886 bits per heavy atom. The Morgan fingerprint density at radius 3 is 2.14 bits per heavy atom. The van der Waals surface area contributed by atoms with Crippen molar-refractivity contribution in [3.8, 4) is 23.0 Å². The predicted octanol–water partition coefficient (Wildman–Crippen LogP) is 5.60. The number of rotatable bonds is 12. The van der Waals surface area contributed by atoms with Crippen LogP contribution >= 0.6 is 0 Å². The number of methoxy groups -OCH3 is 2. The van der Waals surface area contributed by atoms with Gasteiger partial charge in [0.2, 0.25) is 11.2 Å². The van der Waals surface area contributed by atoms with E-state index in [0.717, 1.165) is 0 Å². The van der Waals surface area contributed by atoms with Crippen molar-refractivity contribution in [3.63, 3.8) is 0 Å². The highest BCUT2D eigenvalue weighted by Gasteiger charge is 2.27. The van der Waals surface area contributed by atoms with Gasteiger partial charge in [-0.2, -0.15) is 0 Å². The van der Waals surface area contributed by atoms with Crippen LogP contribution in [0.25, 0.3) is 21.9 Å². The molecule has 0 saturated heterocycles. The third-order valence-corrected chi connectivity index (χ3v) is 5.20. The molecule has 3 aromatic rings. The molecule has 0 aliphatic carbocycles. The van der Waals surface area contributed by atoms with Crippen molar-refractivity contribution in [2.75, 3.05) is 27.8 Å². The Labute approximate surface area is 204 Å². The van der Waals surface area contributed by atoms with Crippen molar-refractivity contribution in [1.29, 1.82) is 0 Å². The summed E-state index contributed by atoms with van der Waals surface area (Å²) in [5.74, 6) is 1.31. The molecule has 35 heavy (non-hydrogen) atoms. The van der Waals surface area contributed by atoms with Gasteiger partial charge in [-0.1, -0.05) is 13.2 Å². The van der Waals surface area contributed by atoms with E-state index >= 15 is 0 Å². The number of benzene rings is 2. The van der Waals surface area contributed by atoms with Crippen LogP contribution in [0.15, 0.2) is 58.8 Å². The van der Waals surface area contributed by atoms with Gasteiger partial charge in [0.15, 0.2) is 24.9 Å². The van der Waals surface area contributed by atoms with Crippen LogP contribution in [0.5, 0.6) is 23.0 Å². The van der Waals surface area contributed by atoms with Crippen LogP contribution in [0.2, 0.25) is 0 Å². The highest BCUT2D eigenvalue weighted by Crippen LogP contribution is 2.41. The summed E-state index contributed by atoms with van der Waals surface area (Å²) in [5.41, 5.74) is -1.33. The van der Waals surface area contributed by atoms with Crippen LogP contribution in [0.3, 0.4) is 0 Å². The van der Waals surface area contributed by atoms with Gasteiger partial charge in [-0.3, -0.25) is 4.79 Å². The molecule has 0 fully saturated rings. The van der Waals surface area contributed by atoms with Gasteiger partial charge in [0, 0.05) is 26.4 Å². The van der Waals surface area contributed by atoms with Crippen LogP contribution in [0, 0.1) is 0 Å². The van der Waals surface area contributed by atoms with Crippen molar-refractivity contribution in [2.45, 2.75) is 38.9 Å². The van der Waals surface area contributed by atoms with E-state index in [9.17, 15) is 4.79 Å². The molecular weight excluding hydrogens is 452 g/mol. The molecule has 1 heterocycles. The van der Waals surface area contributed by atoms with Gasteiger partial charge in [-0.05, 0) is 52.0 Å². The minimum atomic E-state index is -0.783. The fraction of sp³-hybridized carbons (Fsp3) is 0.370. The molecule has 0 N–H and O–H groups in total. The zero-order valence-corrected chi connectivity index (χ0v) is 21.1. The minimum Gasteiger partial charge on any atom is -0.480 e. The molecule has 1 aromatic heterocycles. The lowest BCUT2D eigenvalue weighted by Crippen LogP contribution is -2.28. The van der Waals surface area contributed by atoms with Crippen molar-refractivity contribution >= 4 is 21.9 Å². The Morgan fingerprint density at radius 2 is 1.51 bits per heavy atom. The summed E-state index contributed by atoms with van der Waals surface area (Å²) >= 11 is 0. The maximum Gasteiger partial charge on any atom is 0.205 e. The molecule has 8 heteroatoms. The van der Waals surface area contributed by atoms with Gasteiger partial charge in [-0.25, -0.2) is 0 Å². The van der Waals surface area contributed by atoms with Gasteiger partial charge in [0.05, 0.1) is 5.39 Å². The molecule has 3 rings (SSSR count). The summed E-state index contributed by atoms with van der Waals surface area (Å²) in [4.78, 5) is 13.7. The molecule has 0 atom stereocenters. The third-order valence-electron chi connectivity index (χ3n) is 5.20. The monoisotopic (exact) mass is 484 g/mol. The van der Waals surface area contributed by atoms with Gasteiger partial charge < -0.3 is 32.8 Å². The standard InChI is InChI=1S/C27H32O8/c1-9-26(3,4)34-19-12-11-18-23(28)22-20(32-16-30-8)13-17(31-15-29-7)14-21(22)33-24(18)25(19)35-27(5,6)10-2/h9-14H,1-2,15-16H2,3-8H3. The van der Waals surface area contributed by atoms with Crippen LogP contribution < -0.4 is 24.4 Å². The van der Waals surface area contributed by atoms with E-state index < -0.39 is 11.2 Å². The third kappa shape index (κ3) is 5.78. The summed E-state index contributed by atoms with van der Waals surface area (Å²) in [7, 11) is 3.00. The topological polar surface area (TPSA) is 85.6 Å². The van der Waals surface area contributed by atoms with Gasteiger partial charge in [0.1, 0.15) is 33.7 Å². The molecule has 0 bridgehead atoms. The molecule has 0 radical (unpaired) electrons. The van der Waals surface area contributed by atoms with Crippen LogP contribution in [-0.4, -0.2) is 39.0 Å². The fourth-order valence-corrected chi connectivity index (χ4v) is 3.19. The van der Waals surface area contributed by atoms with Crippen LogP contribution in [0.1, 0.15) is 27.7 Å². The smallest absolute Gasteiger partial charge is 0.205 e. The normalized spacial score (nSPS) is 11.9. The second-order valence-electron chi connectivity index (χ2n) is 8.92. The van der Waals surface area contributed by atoms with E-state index in [-0.39, 0.29) is 47.1 Å². The summed E-state index contributed by atoms with van der Waals surface area (Å²) in [6.07, 6.45) is 3.33. The molecule has 8 nitrogen and oxygen atoms in total. The molecule has 188 valence electrons. The van der Waals surface area contributed by atoms with E-state index in [0.29, 0.717) is 16.9 Å². The molecule has 0 spiro atoms. The summed E-state index contributed by atoms with van der Waals surface area (Å²) < 4.78 is 40.0. The number of hydrogen-bond acceptors (Lipinski definition) is 8. The molecular formula is C27H32O8. The Bertz CT molecular complexity index is 1290. The largest absolute Gasteiger partial charge is 0.480 e. The quantitative estimate of drug-likeness (QED) is 0.187. The average Bonchev–Trinajstić information content (AvgIpc) is 2.82. The second-order valence-corrected chi connectivity index (χ2v) is 8.92. The molecule has 0 amide bonds. The maximum absolute atomic E-state index is 13.7. The van der Waals surface area contributed by atoms with Gasteiger partial charge in [0.25, 0.3) is 0 Å². The zero-order chi connectivity index (χ0) is 25.8. The number of fused-ring (bicyclic) bond motifs is 2. The highest BCUT2D eigenvalue weighted by atomic mass is 16.7. The maximum atomic E-state index is 13.7. The summed E-state index contributed by atoms with van der Waals surface area (Å²) in [5, 5.41) is 0.539.